The monoisotopic (exact) mass is 441 g/mol. The molecule has 0 amide bonds. The molecule has 0 spiro atoms. The highest BCUT2D eigenvalue weighted by Crippen LogP contribution is 2.33. The SMILES string of the molecule is Cc1ccc(-c2cc(N3CCC(CO)(S(C)(=O)=O)CC3)nc(-c3cnn(C)c3)n2)cc1. The van der Waals surface area contributed by atoms with E-state index in [2.05, 4.69) is 10.00 Å². The first-order valence-electron chi connectivity index (χ1n) is 10.2. The number of nitrogens with zero attached hydrogens (tertiary/aromatic N) is 5. The molecule has 9 heteroatoms. The third kappa shape index (κ3) is 4.20. The first kappa shape index (κ1) is 21.5. The Bertz CT molecular complexity index is 1180. The van der Waals surface area contributed by atoms with E-state index in [4.69, 9.17) is 9.97 Å². The Hall–Kier alpha value is -2.78. The fraction of sp³-hybridized carbons (Fsp3) is 0.409. The van der Waals surface area contributed by atoms with Gasteiger partial charge in [-0.3, -0.25) is 4.68 Å². The third-order valence-corrected chi connectivity index (χ3v) is 8.21. The van der Waals surface area contributed by atoms with Crippen molar-refractivity contribution < 1.29 is 13.5 Å². The highest BCUT2D eigenvalue weighted by atomic mass is 32.2. The molecule has 1 aliphatic rings. The lowest BCUT2D eigenvalue weighted by atomic mass is 9.96. The van der Waals surface area contributed by atoms with Crippen LogP contribution in [0.1, 0.15) is 18.4 Å². The van der Waals surface area contributed by atoms with Crippen LogP contribution in [0.3, 0.4) is 0 Å². The van der Waals surface area contributed by atoms with Crippen molar-refractivity contribution in [2.75, 3.05) is 30.9 Å². The topological polar surface area (TPSA) is 101 Å². The van der Waals surface area contributed by atoms with Gasteiger partial charge in [0.2, 0.25) is 0 Å². The van der Waals surface area contributed by atoms with Gasteiger partial charge in [0.25, 0.3) is 0 Å². The zero-order chi connectivity index (χ0) is 22.2. The van der Waals surface area contributed by atoms with Gasteiger partial charge in [-0.25, -0.2) is 18.4 Å². The molecular weight excluding hydrogens is 414 g/mol. The maximum Gasteiger partial charge on any atom is 0.165 e. The van der Waals surface area contributed by atoms with Crippen molar-refractivity contribution in [3.8, 4) is 22.6 Å². The molecule has 1 N–H and O–H groups in total. The smallest absolute Gasteiger partial charge is 0.165 e. The van der Waals surface area contributed by atoms with E-state index < -0.39 is 14.6 Å². The molecule has 0 bridgehead atoms. The Kier molecular flexibility index (Phi) is 5.57. The Morgan fingerprint density at radius 3 is 2.32 bits per heavy atom. The Morgan fingerprint density at radius 2 is 1.77 bits per heavy atom. The van der Waals surface area contributed by atoms with Crippen LogP contribution in [0.5, 0.6) is 0 Å². The van der Waals surface area contributed by atoms with Gasteiger partial charge in [0, 0.05) is 44.2 Å². The fourth-order valence-electron chi connectivity index (χ4n) is 3.92. The average Bonchev–Trinajstić information content (AvgIpc) is 3.19. The summed E-state index contributed by atoms with van der Waals surface area (Å²) in [6.45, 7) is 2.66. The van der Waals surface area contributed by atoms with E-state index in [1.165, 1.54) is 11.8 Å². The second-order valence-corrected chi connectivity index (χ2v) is 10.7. The first-order chi connectivity index (χ1) is 14.7. The summed E-state index contributed by atoms with van der Waals surface area (Å²) in [6, 6.07) is 10.1. The van der Waals surface area contributed by atoms with E-state index in [0.717, 1.165) is 22.6 Å². The number of benzene rings is 1. The number of aliphatic hydroxyl groups is 1. The van der Waals surface area contributed by atoms with E-state index in [0.29, 0.717) is 31.8 Å². The zero-order valence-electron chi connectivity index (χ0n) is 18.0. The minimum absolute atomic E-state index is 0.356. The second kappa shape index (κ2) is 8.05. The molecule has 0 radical (unpaired) electrons. The Morgan fingerprint density at radius 1 is 1.10 bits per heavy atom. The van der Waals surface area contributed by atoms with Crippen molar-refractivity contribution >= 4 is 15.7 Å². The Labute approximate surface area is 182 Å². The fourth-order valence-corrected chi connectivity index (χ4v) is 5.08. The minimum Gasteiger partial charge on any atom is -0.395 e. The molecule has 3 aromatic rings. The number of hydrogen-bond acceptors (Lipinski definition) is 7. The van der Waals surface area contributed by atoms with Gasteiger partial charge >= 0.3 is 0 Å². The van der Waals surface area contributed by atoms with Crippen molar-refractivity contribution in [1.29, 1.82) is 0 Å². The molecule has 1 aliphatic heterocycles. The zero-order valence-corrected chi connectivity index (χ0v) is 18.8. The minimum atomic E-state index is -3.37. The summed E-state index contributed by atoms with van der Waals surface area (Å²) in [5, 5.41) is 14.0. The number of aliphatic hydroxyl groups excluding tert-OH is 1. The molecule has 0 unspecified atom stereocenters. The number of sulfone groups is 1. The van der Waals surface area contributed by atoms with Gasteiger partial charge in [-0.2, -0.15) is 5.10 Å². The molecule has 8 nitrogen and oxygen atoms in total. The van der Waals surface area contributed by atoms with Crippen molar-refractivity contribution in [3.05, 3.63) is 48.3 Å². The van der Waals surface area contributed by atoms with Crippen LogP contribution < -0.4 is 4.90 Å². The molecule has 1 fully saturated rings. The summed E-state index contributed by atoms with van der Waals surface area (Å²) in [4.78, 5) is 11.6. The lowest BCUT2D eigenvalue weighted by Crippen LogP contribution is -2.51. The molecule has 0 atom stereocenters. The standard InChI is InChI=1S/C22H27N5O3S/c1-16-4-6-17(7-5-16)19-12-20(25-21(24-19)18-13-23-26(2)14-18)27-10-8-22(15-28,9-11-27)31(3,29)30/h4-7,12-14,28H,8-11,15H2,1-3H3. The molecule has 0 saturated carbocycles. The average molecular weight is 442 g/mol. The molecule has 0 aliphatic carbocycles. The van der Waals surface area contributed by atoms with Crippen LogP contribution in [-0.2, 0) is 16.9 Å². The lowest BCUT2D eigenvalue weighted by molar-refractivity contribution is 0.218. The van der Waals surface area contributed by atoms with Crippen LogP contribution >= 0.6 is 0 Å². The number of aromatic nitrogens is 4. The largest absolute Gasteiger partial charge is 0.395 e. The number of piperidine rings is 1. The third-order valence-electron chi connectivity index (χ3n) is 6.10. The number of hydrogen-bond donors (Lipinski definition) is 1. The summed E-state index contributed by atoms with van der Waals surface area (Å²) in [5.41, 5.74) is 3.77. The van der Waals surface area contributed by atoms with Crippen LogP contribution in [0.15, 0.2) is 42.7 Å². The normalized spacial score (nSPS) is 16.5. The van der Waals surface area contributed by atoms with Gasteiger partial charge < -0.3 is 10.0 Å². The van der Waals surface area contributed by atoms with E-state index in [-0.39, 0.29) is 6.61 Å². The predicted molar refractivity (Wildman–Crippen MR) is 121 cm³/mol. The quantitative estimate of drug-likeness (QED) is 0.648. The Balaban J connectivity index is 1.72. The molecule has 164 valence electrons. The van der Waals surface area contributed by atoms with Crippen molar-refractivity contribution in [1.82, 2.24) is 19.7 Å². The summed E-state index contributed by atoms with van der Waals surface area (Å²) in [5.74, 6) is 1.31. The highest BCUT2D eigenvalue weighted by molar-refractivity contribution is 7.92. The molecular formula is C22H27N5O3S. The van der Waals surface area contributed by atoms with Crippen molar-refractivity contribution in [2.45, 2.75) is 24.5 Å². The second-order valence-electron chi connectivity index (χ2n) is 8.30. The van der Waals surface area contributed by atoms with Gasteiger partial charge in [0.1, 0.15) is 5.82 Å². The van der Waals surface area contributed by atoms with Crippen molar-refractivity contribution in [2.24, 2.45) is 7.05 Å². The number of aryl methyl sites for hydroxylation is 2. The summed E-state index contributed by atoms with van der Waals surface area (Å²) < 4.78 is 25.2. The van der Waals surface area contributed by atoms with Gasteiger partial charge in [-0.1, -0.05) is 29.8 Å². The molecule has 1 aromatic carbocycles. The van der Waals surface area contributed by atoms with E-state index in [1.54, 1.807) is 10.9 Å². The van der Waals surface area contributed by atoms with Crippen LogP contribution in [0, 0.1) is 6.92 Å². The molecule has 31 heavy (non-hydrogen) atoms. The predicted octanol–water partition coefficient (Wildman–Crippen LogP) is 2.23. The molecule has 4 rings (SSSR count). The van der Waals surface area contributed by atoms with Crippen molar-refractivity contribution in [3.63, 3.8) is 0 Å². The van der Waals surface area contributed by atoms with E-state index in [1.807, 2.05) is 50.5 Å². The van der Waals surface area contributed by atoms with Gasteiger partial charge in [-0.05, 0) is 19.8 Å². The van der Waals surface area contributed by atoms with Gasteiger partial charge in [0.15, 0.2) is 15.7 Å². The van der Waals surface area contributed by atoms with Crippen LogP contribution in [0.4, 0.5) is 5.82 Å². The van der Waals surface area contributed by atoms with E-state index >= 15 is 0 Å². The van der Waals surface area contributed by atoms with Crippen LogP contribution in [0.25, 0.3) is 22.6 Å². The van der Waals surface area contributed by atoms with Gasteiger partial charge in [-0.15, -0.1) is 0 Å². The maximum absolute atomic E-state index is 12.3. The summed E-state index contributed by atoms with van der Waals surface area (Å²) in [7, 11) is -1.52. The van der Waals surface area contributed by atoms with Gasteiger partial charge in [0.05, 0.1) is 28.8 Å². The van der Waals surface area contributed by atoms with E-state index in [9.17, 15) is 13.5 Å². The summed E-state index contributed by atoms with van der Waals surface area (Å²) in [6.07, 6.45) is 5.52. The highest BCUT2D eigenvalue weighted by Gasteiger charge is 2.43. The lowest BCUT2D eigenvalue weighted by Gasteiger charge is -2.39. The molecule has 1 saturated heterocycles. The molecule has 3 heterocycles. The molecule has 2 aromatic heterocycles. The number of rotatable bonds is 5. The first-order valence-corrected chi connectivity index (χ1v) is 12.1. The summed E-state index contributed by atoms with van der Waals surface area (Å²) >= 11 is 0. The number of anilines is 1. The van der Waals surface area contributed by atoms with Crippen LogP contribution in [-0.4, -0.2) is 64.0 Å². The maximum atomic E-state index is 12.3. The van der Waals surface area contributed by atoms with Crippen LogP contribution in [0.2, 0.25) is 0 Å².